The zero-order valence-electron chi connectivity index (χ0n) is 6.37. The van der Waals surface area contributed by atoms with Gasteiger partial charge in [-0.1, -0.05) is 11.6 Å². The Bertz CT molecular complexity index is 412. The molecule has 0 N–H and O–H groups in total. The Morgan fingerprint density at radius 3 is 3.08 bits per heavy atom. The number of hydrogen-bond donors (Lipinski definition) is 0. The van der Waals surface area contributed by atoms with Crippen molar-refractivity contribution in [3.8, 4) is 5.75 Å². The molecule has 0 aliphatic rings. The van der Waals surface area contributed by atoms with Crippen molar-refractivity contribution in [1.29, 1.82) is 0 Å². The third kappa shape index (κ3) is 1.15. The van der Waals surface area contributed by atoms with Crippen LogP contribution in [0.2, 0.25) is 5.02 Å². The van der Waals surface area contributed by atoms with E-state index < -0.39 is 0 Å². The van der Waals surface area contributed by atoms with Gasteiger partial charge in [0.25, 0.3) is 0 Å². The average Bonchev–Trinajstić information content (AvgIpc) is 2.49. The first-order valence-electron chi connectivity index (χ1n) is 3.38. The minimum atomic E-state index is 0.607. The summed E-state index contributed by atoms with van der Waals surface area (Å²) in [4.78, 5) is 4.13. The summed E-state index contributed by atoms with van der Waals surface area (Å²) in [5.41, 5.74) is 2.71. The van der Waals surface area contributed by atoms with E-state index in [4.69, 9.17) is 16.3 Å². The second-order valence-electron chi connectivity index (χ2n) is 2.31. The lowest BCUT2D eigenvalue weighted by molar-refractivity contribution is 0.415. The second kappa shape index (κ2) is 2.92. The third-order valence-electron chi connectivity index (χ3n) is 1.60. The van der Waals surface area contributed by atoms with Gasteiger partial charge in [-0.2, -0.15) is 0 Å². The zero-order chi connectivity index (χ0) is 8.55. The van der Waals surface area contributed by atoms with Crippen molar-refractivity contribution in [2.75, 3.05) is 7.11 Å². The third-order valence-corrected chi connectivity index (χ3v) is 2.69. The van der Waals surface area contributed by atoms with Crippen LogP contribution in [0.15, 0.2) is 17.6 Å². The molecule has 0 bridgehead atoms. The zero-order valence-corrected chi connectivity index (χ0v) is 7.95. The van der Waals surface area contributed by atoms with Crippen LogP contribution in [0.4, 0.5) is 0 Å². The summed E-state index contributed by atoms with van der Waals surface area (Å²) in [6.45, 7) is 0. The first-order chi connectivity index (χ1) is 5.81. The maximum atomic E-state index is 5.90. The molecule has 0 saturated carbocycles. The van der Waals surface area contributed by atoms with Gasteiger partial charge < -0.3 is 4.74 Å². The molecule has 0 atom stereocenters. The minimum Gasteiger partial charge on any atom is -0.495 e. The largest absolute Gasteiger partial charge is 0.495 e. The lowest BCUT2D eigenvalue weighted by Crippen LogP contribution is -1.82. The van der Waals surface area contributed by atoms with Crippen molar-refractivity contribution in [3.63, 3.8) is 0 Å². The lowest BCUT2D eigenvalue weighted by Gasteiger charge is -2.00. The van der Waals surface area contributed by atoms with Crippen molar-refractivity contribution < 1.29 is 4.74 Å². The Morgan fingerprint density at radius 1 is 1.50 bits per heavy atom. The van der Waals surface area contributed by atoms with Gasteiger partial charge in [-0.05, 0) is 6.07 Å². The molecule has 2 aromatic rings. The van der Waals surface area contributed by atoms with E-state index in [2.05, 4.69) is 4.98 Å². The number of nitrogens with zero attached hydrogens (tertiary/aromatic N) is 1. The van der Waals surface area contributed by atoms with Gasteiger partial charge in [0.2, 0.25) is 0 Å². The molecule has 0 aliphatic heterocycles. The van der Waals surface area contributed by atoms with E-state index in [1.165, 1.54) is 0 Å². The van der Waals surface area contributed by atoms with Crippen LogP contribution in [-0.4, -0.2) is 12.1 Å². The molecule has 0 fully saturated rings. The van der Waals surface area contributed by atoms with Crippen LogP contribution in [0.1, 0.15) is 0 Å². The highest BCUT2D eigenvalue weighted by Gasteiger charge is 2.04. The number of halogens is 1. The van der Waals surface area contributed by atoms with Crippen LogP contribution < -0.4 is 4.74 Å². The van der Waals surface area contributed by atoms with Crippen molar-refractivity contribution in [2.45, 2.75) is 0 Å². The smallest absolute Gasteiger partial charge is 0.139 e. The number of ether oxygens (including phenoxy) is 1. The summed E-state index contributed by atoms with van der Waals surface area (Å²) >= 11 is 7.48. The number of rotatable bonds is 1. The topological polar surface area (TPSA) is 22.1 Å². The Balaban J connectivity index is 2.73. The molecule has 1 aromatic carbocycles. The van der Waals surface area contributed by atoms with E-state index in [0.29, 0.717) is 10.8 Å². The normalized spacial score (nSPS) is 10.5. The highest BCUT2D eigenvalue weighted by molar-refractivity contribution is 7.16. The van der Waals surface area contributed by atoms with E-state index >= 15 is 0 Å². The first-order valence-corrected chi connectivity index (χ1v) is 4.64. The monoisotopic (exact) mass is 199 g/mol. The van der Waals surface area contributed by atoms with Gasteiger partial charge in [0, 0.05) is 6.07 Å². The number of fused-ring (bicyclic) bond motifs is 1. The predicted molar refractivity (Wildman–Crippen MR) is 51.2 cm³/mol. The number of thiazole rings is 1. The molecule has 0 saturated heterocycles. The van der Waals surface area contributed by atoms with Gasteiger partial charge in [-0.3, -0.25) is 0 Å². The molecule has 2 rings (SSSR count). The quantitative estimate of drug-likeness (QED) is 0.705. The van der Waals surface area contributed by atoms with Crippen LogP contribution in [0, 0.1) is 0 Å². The van der Waals surface area contributed by atoms with E-state index in [0.717, 1.165) is 10.2 Å². The van der Waals surface area contributed by atoms with Crippen LogP contribution >= 0.6 is 22.9 Å². The number of hydrogen-bond acceptors (Lipinski definition) is 3. The van der Waals surface area contributed by atoms with Crippen molar-refractivity contribution in [3.05, 3.63) is 22.7 Å². The summed E-state index contributed by atoms with van der Waals surface area (Å²) in [6.07, 6.45) is 0. The van der Waals surface area contributed by atoms with E-state index in [1.54, 1.807) is 24.0 Å². The predicted octanol–water partition coefficient (Wildman–Crippen LogP) is 2.96. The fourth-order valence-electron chi connectivity index (χ4n) is 1.02. The Morgan fingerprint density at radius 2 is 2.33 bits per heavy atom. The average molecular weight is 200 g/mol. The van der Waals surface area contributed by atoms with Crippen LogP contribution in [0.25, 0.3) is 10.2 Å². The molecule has 0 aliphatic carbocycles. The minimum absolute atomic E-state index is 0.607. The van der Waals surface area contributed by atoms with Crippen LogP contribution in [0.3, 0.4) is 0 Å². The molecule has 4 heteroatoms. The Kier molecular flexibility index (Phi) is 1.90. The molecule has 1 aromatic heterocycles. The Hall–Kier alpha value is -0.800. The molecule has 1 heterocycles. The molecular weight excluding hydrogens is 194 g/mol. The van der Waals surface area contributed by atoms with Gasteiger partial charge in [-0.25, -0.2) is 4.98 Å². The highest BCUT2D eigenvalue weighted by atomic mass is 35.5. The molecule has 0 spiro atoms. The van der Waals surface area contributed by atoms with Gasteiger partial charge in [0.15, 0.2) is 0 Å². The number of benzene rings is 1. The van der Waals surface area contributed by atoms with Crippen LogP contribution in [0.5, 0.6) is 5.75 Å². The standard InChI is InChI=1S/C8H6ClNOS/c1-11-7-3-8-6(2-5(7)9)10-4-12-8/h2-4H,1H3. The summed E-state index contributed by atoms with van der Waals surface area (Å²) in [5, 5.41) is 0.607. The number of aromatic nitrogens is 1. The summed E-state index contributed by atoms with van der Waals surface area (Å²) < 4.78 is 6.16. The maximum Gasteiger partial charge on any atom is 0.139 e. The van der Waals surface area contributed by atoms with E-state index in [9.17, 15) is 0 Å². The molecule has 2 nitrogen and oxygen atoms in total. The molecule has 0 amide bonds. The number of methoxy groups -OCH3 is 1. The first kappa shape index (κ1) is 7.83. The molecule has 62 valence electrons. The van der Waals surface area contributed by atoms with Crippen LogP contribution in [-0.2, 0) is 0 Å². The summed E-state index contributed by atoms with van der Waals surface area (Å²) in [6, 6.07) is 3.71. The lowest BCUT2D eigenvalue weighted by atomic mass is 10.3. The summed E-state index contributed by atoms with van der Waals surface area (Å²) in [5.74, 6) is 0.702. The summed E-state index contributed by atoms with van der Waals surface area (Å²) in [7, 11) is 1.61. The SMILES string of the molecule is COc1cc2scnc2cc1Cl. The van der Waals surface area contributed by atoms with Gasteiger partial charge in [0.05, 0.1) is 27.9 Å². The Labute approximate surface area is 78.8 Å². The molecule has 12 heavy (non-hydrogen) atoms. The van der Waals surface area contributed by atoms with E-state index in [1.807, 2.05) is 12.1 Å². The van der Waals surface area contributed by atoms with Gasteiger partial charge in [0.1, 0.15) is 5.75 Å². The highest BCUT2D eigenvalue weighted by Crippen LogP contribution is 2.30. The van der Waals surface area contributed by atoms with Crippen molar-refractivity contribution >= 4 is 33.2 Å². The molecular formula is C8H6ClNOS. The second-order valence-corrected chi connectivity index (χ2v) is 3.60. The molecule has 0 radical (unpaired) electrons. The maximum absolute atomic E-state index is 5.90. The fourth-order valence-corrected chi connectivity index (χ4v) is 1.94. The van der Waals surface area contributed by atoms with E-state index in [-0.39, 0.29) is 0 Å². The fraction of sp³-hybridized carbons (Fsp3) is 0.125. The van der Waals surface area contributed by atoms with Crippen molar-refractivity contribution in [1.82, 2.24) is 4.98 Å². The van der Waals surface area contributed by atoms with Crippen molar-refractivity contribution in [2.24, 2.45) is 0 Å². The van der Waals surface area contributed by atoms with Gasteiger partial charge in [-0.15, -0.1) is 11.3 Å². The van der Waals surface area contributed by atoms with Gasteiger partial charge >= 0.3 is 0 Å². The molecule has 0 unspecified atom stereocenters.